The van der Waals surface area contributed by atoms with E-state index in [0.717, 1.165) is 10.9 Å². The molecule has 0 fully saturated rings. The molecule has 0 aliphatic carbocycles. The fraction of sp³-hybridized carbons (Fsp3) is 0.308. The van der Waals surface area contributed by atoms with Crippen molar-refractivity contribution in [2.45, 2.75) is 19.8 Å². The van der Waals surface area contributed by atoms with E-state index in [2.05, 4.69) is 19.9 Å². The number of carbonyl (C=O) groups is 1. The molecule has 0 aliphatic heterocycles. The van der Waals surface area contributed by atoms with Crippen LogP contribution in [0.15, 0.2) is 24.3 Å². The number of aryl methyl sites for hydroxylation is 1. The molecule has 1 aromatic heterocycles. The lowest BCUT2D eigenvalue weighted by Gasteiger charge is -2.09. The molecule has 0 saturated carbocycles. The van der Waals surface area contributed by atoms with Crippen LogP contribution in [0, 0.1) is 0 Å². The lowest BCUT2D eigenvalue weighted by Crippen LogP contribution is -2.04. The number of rotatable bonds is 2. The second-order valence-electron chi connectivity index (χ2n) is 4.33. The first-order chi connectivity index (χ1) is 7.52. The normalized spacial score (nSPS) is 11.2. The molecule has 0 amide bonds. The van der Waals surface area contributed by atoms with E-state index >= 15 is 0 Å². The molecule has 1 aromatic carbocycles. The molecule has 2 rings (SSSR count). The molecular weight excluding hydrogens is 202 g/mol. The van der Waals surface area contributed by atoms with E-state index < -0.39 is 5.97 Å². The maximum atomic E-state index is 11.1. The summed E-state index contributed by atoms with van der Waals surface area (Å²) < 4.78 is 1.76. The number of nitrogens with zero attached hydrogens (tertiary/aromatic N) is 1. The Morgan fingerprint density at radius 2 is 2.06 bits per heavy atom. The van der Waals surface area contributed by atoms with Gasteiger partial charge in [0.15, 0.2) is 0 Å². The van der Waals surface area contributed by atoms with Gasteiger partial charge in [-0.1, -0.05) is 32.0 Å². The van der Waals surface area contributed by atoms with Crippen molar-refractivity contribution in [3.05, 3.63) is 35.5 Å². The number of aromatic nitrogens is 1. The third-order valence-electron chi connectivity index (χ3n) is 2.93. The van der Waals surface area contributed by atoms with Crippen molar-refractivity contribution in [3.8, 4) is 0 Å². The Hall–Kier alpha value is -1.77. The van der Waals surface area contributed by atoms with Crippen LogP contribution in [0.3, 0.4) is 0 Å². The number of hydrogen-bond donors (Lipinski definition) is 1. The topological polar surface area (TPSA) is 42.2 Å². The van der Waals surface area contributed by atoms with E-state index in [0.29, 0.717) is 11.6 Å². The summed E-state index contributed by atoms with van der Waals surface area (Å²) in [6.07, 6.45) is 0. The minimum absolute atomic E-state index is 0.336. The van der Waals surface area contributed by atoms with E-state index in [-0.39, 0.29) is 0 Å². The Labute approximate surface area is 94.3 Å². The van der Waals surface area contributed by atoms with Crippen molar-refractivity contribution in [1.29, 1.82) is 0 Å². The van der Waals surface area contributed by atoms with Gasteiger partial charge in [0.05, 0.1) is 5.52 Å². The number of benzene rings is 1. The summed E-state index contributed by atoms with van der Waals surface area (Å²) in [4.78, 5) is 11.1. The molecule has 0 aliphatic rings. The zero-order valence-corrected chi connectivity index (χ0v) is 9.69. The molecule has 16 heavy (non-hydrogen) atoms. The van der Waals surface area contributed by atoms with Crippen molar-refractivity contribution >= 4 is 16.9 Å². The molecular formula is C13H15NO2. The molecule has 1 N–H and O–H groups in total. The first-order valence-corrected chi connectivity index (χ1v) is 5.34. The van der Waals surface area contributed by atoms with Crippen molar-refractivity contribution in [2.75, 3.05) is 0 Å². The third-order valence-corrected chi connectivity index (χ3v) is 2.93. The van der Waals surface area contributed by atoms with Gasteiger partial charge in [0.2, 0.25) is 0 Å². The second kappa shape index (κ2) is 3.67. The van der Waals surface area contributed by atoms with Crippen LogP contribution in [0.5, 0.6) is 0 Å². The summed E-state index contributed by atoms with van der Waals surface area (Å²) in [5, 5.41) is 10.1. The van der Waals surface area contributed by atoms with Crippen molar-refractivity contribution < 1.29 is 9.90 Å². The summed E-state index contributed by atoms with van der Waals surface area (Å²) in [6, 6.07) is 7.71. The van der Waals surface area contributed by atoms with E-state index in [1.165, 1.54) is 5.56 Å². The number of carboxylic acids is 1. The zero-order chi connectivity index (χ0) is 11.9. The molecule has 0 bridgehead atoms. The van der Waals surface area contributed by atoms with Crippen LogP contribution in [0.25, 0.3) is 10.9 Å². The smallest absolute Gasteiger partial charge is 0.352 e. The molecule has 0 saturated heterocycles. The Morgan fingerprint density at radius 3 is 2.62 bits per heavy atom. The van der Waals surface area contributed by atoms with E-state index in [1.807, 2.05) is 12.1 Å². The van der Waals surface area contributed by atoms with Gasteiger partial charge >= 0.3 is 5.97 Å². The second-order valence-corrected chi connectivity index (χ2v) is 4.33. The quantitative estimate of drug-likeness (QED) is 0.840. The predicted octanol–water partition coefficient (Wildman–Crippen LogP) is 3.00. The standard InChI is InChI=1S/C13H15NO2/c1-8(2)10-6-4-5-9-7-11(13(15)16)14(3)12(9)10/h4-8H,1-3H3,(H,15,16). The van der Waals surface area contributed by atoms with Crippen LogP contribution in [-0.2, 0) is 7.05 Å². The highest BCUT2D eigenvalue weighted by Gasteiger charge is 2.15. The molecule has 3 heteroatoms. The number of hydrogen-bond acceptors (Lipinski definition) is 1. The minimum Gasteiger partial charge on any atom is -0.477 e. The van der Waals surface area contributed by atoms with E-state index in [4.69, 9.17) is 5.11 Å². The summed E-state index contributed by atoms with van der Waals surface area (Å²) in [5.74, 6) is -0.493. The summed E-state index contributed by atoms with van der Waals surface area (Å²) in [6.45, 7) is 4.23. The van der Waals surface area contributed by atoms with Crippen LogP contribution in [0.2, 0.25) is 0 Å². The predicted molar refractivity (Wildman–Crippen MR) is 64.0 cm³/mol. The first kappa shape index (κ1) is 10.7. The van der Waals surface area contributed by atoms with Crippen molar-refractivity contribution in [3.63, 3.8) is 0 Å². The number of fused-ring (bicyclic) bond motifs is 1. The van der Waals surface area contributed by atoms with Crippen molar-refractivity contribution in [2.24, 2.45) is 7.05 Å². The molecule has 1 heterocycles. The van der Waals surface area contributed by atoms with Gasteiger partial charge in [-0.2, -0.15) is 0 Å². The lowest BCUT2D eigenvalue weighted by molar-refractivity contribution is 0.0687. The fourth-order valence-electron chi connectivity index (χ4n) is 2.12. The number of para-hydroxylation sites is 1. The van der Waals surface area contributed by atoms with Gasteiger partial charge in [0.1, 0.15) is 5.69 Å². The average molecular weight is 217 g/mol. The van der Waals surface area contributed by atoms with E-state index in [1.54, 1.807) is 17.7 Å². The van der Waals surface area contributed by atoms with Crippen LogP contribution in [0.1, 0.15) is 35.8 Å². The highest BCUT2D eigenvalue weighted by molar-refractivity contribution is 5.95. The lowest BCUT2D eigenvalue weighted by atomic mass is 10.0. The molecule has 0 atom stereocenters. The molecule has 84 valence electrons. The average Bonchev–Trinajstić information content (AvgIpc) is 2.56. The largest absolute Gasteiger partial charge is 0.477 e. The monoisotopic (exact) mass is 217 g/mol. The third kappa shape index (κ3) is 1.48. The van der Waals surface area contributed by atoms with Gasteiger partial charge in [-0.05, 0) is 17.5 Å². The van der Waals surface area contributed by atoms with Gasteiger partial charge in [0.25, 0.3) is 0 Å². The van der Waals surface area contributed by atoms with Gasteiger partial charge in [-0.15, -0.1) is 0 Å². The van der Waals surface area contributed by atoms with Crippen LogP contribution in [-0.4, -0.2) is 15.6 Å². The SMILES string of the molecule is CC(C)c1cccc2cc(C(=O)O)n(C)c12. The van der Waals surface area contributed by atoms with E-state index in [9.17, 15) is 4.79 Å². The van der Waals surface area contributed by atoms with Gasteiger partial charge < -0.3 is 9.67 Å². The molecule has 0 radical (unpaired) electrons. The maximum Gasteiger partial charge on any atom is 0.352 e. The van der Waals surface area contributed by atoms with Crippen LogP contribution >= 0.6 is 0 Å². The minimum atomic E-state index is -0.881. The summed E-state index contributed by atoms with van der Waals surface area (Å²) in [5.41, 5.74) is 2.55. The van der Waals surface area contributed by atoms with Crippen LogP contribution < -0.4 is 0 Å². The van der Waals surface area contributed by atoms with Crippen LogP contribution in [0.4, 0.5) is 0 Å². The van der Waals surface area contributed by atoms with Crippen molar-refractivity contribution in [1.82, 2.24) is 4.57 Å². The molecule has 3 nitrogen and oxygen atoms in total. The highest BCUT2D eigenvalue weighted by Crippen LogP contribution is 2.27. The van der Waals surface area contributed by atoms with Gasteiger partial charge in [0, 0.05) is 12.4 Å². The maximum absolute atomic E-state index is 11.1. The first-order valence-electron chi connectivity index (χ1n) is 5.34. The highest BCUT2D eigenvalue weighted by atomic mass is 16.4. The summed E-state index contributed by atoms with van der Waals surface area (Å²) >= 11 is 0. The Balaban J connectivity index is 2.82. The summed E-state index contributed by atoms with van der Waals surface area (Å²) in [7, 11) is 1.80. The number of carboxylic acid groups (broad SMARTS) is 1. The van der Waals surface area contributed by atoms with Gasteiger partial charge in [-0.25, -0.2) is 4.79 Å². The van der Waals surface area contributed by atoms with Gasteiger partial charge in [-0.3, -0.25) is 0 Å². The fourth-order valence-corrected chi connectivity index (χ4v) is 2.12. The number of aromatic carboxylic acids is 1. The Bertz CT molecular complexity index is 552. The molecule has 2 aromatic rings. The molecule has 0 spiro atoms. The Morgan fingerprint density at radius 1 is 1.38 bits per heavy atom. The zero-order valence-electron chi connectivity index (χ0n) is 9.69. The Kier molecular flexibility index (Phi) is 2.46. The molecule has 0 unspecified atom stereocenters.